The molecule has 0 saturated heterocycles. The number of imidazole rings is 1. The number of anilines is 1. The number of amides is 1. The fourth-order valence-corrected chi connectivity index (χ4v) is 3.95. The Morgan fingerprint density at radius 2 is 2.07 bits per heavy atom. The van der Waals surface area contributed by atoms with Gasteiger partial charge in [0.1, 0.15) is 5.82 Å². The molecule has 3 heterocycles. The van der Waals surface area contributed by atoms with Gasteiger partial charge >= 0.3 is 0 Å². The number of aromatic amines is 1. The Morgan fingerprint density at radius 1 is 1.24 bits per heavy atom. The molecule has 0 saturated carbocycles. The van der Waals surface area contributed by atoms with Crippen LogP contribution in [0, 0.1) is 6.92 Å². The molecule has 2 aromatic carbocycles. The molecule has 1 aliphatic heterocycles. The van der Waals surface area contributed by atoms with E-state index in [4.69, 9.17) is 4.74 Å². The Labute approximate surface area is 166 Å². The van der Waals surface area contributed by atoms with E-state index < -0.39 is 0 Å². The Balaban J connectivity index is 1.65. The normalized spacial score (nSPS) is 15.9. The number of H-pyrrole nitrogens is 1. The Morgan fingerprint density at radius 3 is 2.83 bits per heavy atom. The van der Waals surface area contributed by atoms with Crippen molar-refractivity contribution in [3.63, 3.8) is 0 Å². The van der Waals surface area contributed by atoms with Gasteiger partial charge in [-0.1, -0.05) is 18.2 Å². The lowest BCUT2D eigenvalue weighted by Gasteiger charge is -2.24. The predicted molar refractivity (Wildman–Crippen MR) is 108 cm³/mol. The summed E-state index contributed by atoms with van der Waals surface area (Å²) < 4.78 is 6.77. The van der Waals surface area contributed by atoms with Crippen LogP contribution in [-0.2, 0) is 4.79 Å². The minimum Gasteiger partial charge on any atom is -0.504 e. The highest BCUT2D eigenvalue weighted by Crippen LogP contribution is 2.42. The summed E-state index contributed by atoms with van der Waals surface area (Å²) in [5.41, 5.74) is 4.24. The number of aromatic nitrogens is 4. The molecule has 146 valence electrons. The average molecular weight is 389 g/mol. The third kappa shape index (κ3) is 2.72. The molecule has 5 rings (SSSR count). The number of para-hydroxylation sites is 2. The number of ether oxygens (including phenoxy) is 1. The second-order valence-corrected chi connectivity index (χ2v) is 7.07. The number of aromatic hydroxyl groups is 1. The lowest BCUT2D eigenvalue weighted by molar-refractivity contribution is -0.116. The summed E-state index contributed by atoms with van der Waals surface area (Å²) in [5, 5.41) is 17.8. The van der Waals surface area contributed by atoms with Crippen LogP contribution in [0.25, 0.3) is 17.0 Å². The number of nitrogens with one attached hydrogen (secondary N) is 2. The summed E-state index contributed by atoms with van der Waals surface area (Å²) in [5.74, 6) is 1.22. The molecule has 8 nitrogen and oxygen atoms in total. The quantitative estimate of drug-likeness (QED) is 0.499. The van der Waals surface area contributed by atoms with Gasteiger partial charge in [-0.25, -0.2) is 4.98 Å². The van der Waals surface area contributed by atoms with Gasteiger partial charge in [-0.3, -0.25) is 4.79 Å². The van der Waals surface area contributed by atoms with Crippen molar-refractivity contribution in [2.24, 2.45) is 0 Å². The lowest BCUT2D eigenvalue weighted by atomic mass is 9.85. The number of methoxy groups -OCH3 is 1. The number of phenolic OH excluding ortho intramolecular Hbond substituents is 1. The number of hydrogen-bond donors (Lipinski definition) is 3. The van der Waals surface area contributed by atoms with E-state index in [0.717, 1.165) is 27.9 Å². The lowest BCUT2D eigenvalue weighted by Crippen LogP contribution is -2.25. The van der Waals surface area contributed by atoms with Gasteiger partial charge in [-0.05, 0) is 36.8 Å². The standard InChI is InChI=1S/C21H19N5O3/c1-11-19-13(12-7-8-17(29-2)16(27)9-12)10-18(28)24-20(19)26(25-11)21-22-14-5-3-4-6-15(14)23-21/h3-9,13,27H,10H2,1-2H3,(H,22,23)(H,24,28). The molecular formula is C21H19N5O3. The zero-order valence-electron chi connectivity index (χ0n) is 15.9. The maximum absolute atomic E-state index is 12.5. The van der Waals surface area contributed by atoms with Crippen LogP contribution < -0.4 is 10.1 Å². The van der Waals surface area contributed by atoms with Gasteiger partial charge in [0.15, 0.2) is 11.5 Å². The number of hydrogen-bond acceptors (Lipinski definition) is 5. The van der Waals surface area contributed by atoms with Crippen molar-refractivity contribution < 1.29 is 14.6 Å². The zero-order valence-corrected chi connectivity index (χ0v) is 15.9. The van der Waals surface area contributed by atoms with Gasteiger partial charge in [0, 0.05) is 17.9 Å². The van der Waals surface area contributed by atoms with Crippen molar-refractivity contribution >= 4 is 22.8 Å². The summed E-state index contributed by atoms with van der Waals surface area (Å²) in [4.78, 5) is 20.4. The molecule has 0 radical (unpaired) electrons. The third-order valence-corrected chi connectivity index (χ3v) is 5.29. The van der Waals surface area contributed by atoms with Crippen LogP contribution in [0.1, 0.15) is 29.2 Å². The van der Waals surface area contributed by atoms with Crippen molar-refractivity contribution in [1.29, 1.82) is 0 Å². The Hall–Kier alpha value is -3.81. The summed E-state index contributed by atoms with van der Waals surface area (Å²) >= 11 is 0. The molecule has 1 unspecified atom stereocenters. The SMILES string of the molecule is COc1ccc(C2CC(=O)Nc3c2c(C)nn3-c2nc3ccccc3[nH]2)cc1O. The molecule has 0 spiro atoms. The Kier molecular flexibility index (Phi) is 3.80. The summed E-state index contributed by atoms with van der Waals surface area (Å²) in [6.45, 7) is 1.91. The molecule has 29 heavy (non-hydrogen) atoms. The molecule has 0 bridgehead atoms. The van der Waals surface area contributed by atoms with E-state index in [1.165, 1.54) is 7.11 Å². The topological polar surface area (TPSA) is 105 Å². The van der Waals surface area contributed by atoms with Crippen LogP contribution in [0.15, 0.2) is 42.5 Å². The van der Waals surface area contributed by atoms with Gasteiger partial charge in [0.05, 0.1) is 23.8 Å². The number of aryl methyl sites for hydroxylation is 1. The smallest absolute Gasteiger partial charge is 0.231 e. The van der Waals surface area contributed by atoms with Crippen LogP contribution in [0.3, 0.4) is 0 Å². The molecule has 4 aromatic rings. The van der Waals surface area contributed by atoms with E-state index in [1.54, 1.807) is 16.8 Å². The van der Waals surface area contributed by atoms with E-state index in [0.29, 0.717) is 17.5 Å². The van der Waals surface area contributed by atoms with Crippen LogP contribution in [-0.4, -0.2) is 37.9 Å². The highest BCUT2D eigenvalue weighted by atomic mass is 16.5. The van der Waals surface area contributed by atoms with Crippen molar-refractivity contribution in [3.8, 4) is 17.4 Å². The van der Waals surface area contributed by atoms with Crippen molar-refractivity contribution in [2.45, 2.75) is 19.3 Å². The first-order valence-electron chi connectivity index (χ1n) is 9.26. The first-order chi connectivity index (χ1) is 14.0. The molecular weight excluding hydrogens is 370 g/mol. The zero-order chi connectivity index (χ0) is 20.1. The molecule has 1 aliphatic rings. The third-order valence-electron chi connectivity index (χ3n) is 5.29. The average Bonchev–Trinajstić information content (AvgIpc) is 3.28. The van der Waals surface area contributed by atoms with E-state index in [1.807, 2.05) is 37.3 Å². The molecule has 8 heteroatoms. The number of phenols is 1. The number of carbonyl (C=O) groups excluding carboxylic acids is 1. The first-order valence-corrected chi connectivity index (χ1v) is 9.26. The monoisotopic (exact) mass is 389 g/mol. The van der Waals surface area contributed by atoms with Crippen LogP contribution in [0.5, 0.6) is 11.5 Å². The van der Waals surface area contributed by atoms with Gasteiger partial charge in [0.2, 0.25) is 11.9 Å². The van der Waals surface area contributed by atoms with Crippen molar-refractivity contribution in [1.82, 2.24) is 19.7 Å². The maximum atomic E-state index is 12.5. The van der Waals surface area contributed by atoms with E-state index in [9.17, 15) is 9.90 Å². The summed E-state index contributed by atoms with van der Waals surface area (Å²) in [7, 11) is 1.50. The van der Waals surface area contributed by atoms with Crippen LogP contribution >= 0.6 is 0 Å². The van der Waals surface area contributed by atoms with Crippen molar-refractivity contribution in [2.75, 3.05) is 12.4 Å². The minimum atomic E-state index is -0.228. The molecule has 3 N–H and O–H groups in total. The number of benzene rings is 2. The van der Waals surface area contributed by atoms with Gasteiger partial charge < -0.3 is 20.1 Å². The summed E-state index contributed by atoms with van der Waals surface area (Å²) in [6.07, 6.45) is 0.269. The highest BCUT2D eigenvalue weighted by Gasteiger charge is 2.33. The summed E-state index contributed by atoms with van der Waals surface area (Å²) in [6, 6.07) is 12.9. The molecule has 1 amide bonds. The van der Waals surface area contributed by atoms with Crippen LogP contribution in [0.2, 0.25) is 0 Å². The van der Waals surface area contributed by atoms with E-state index in [2.05, 4.69) is 20.4 Å². The highest BCUT2D eigenvalue weighted by molar-refractivity contribution is 5.95. The molecule has 2 aromatic heterocycles. The molecule has 0 fully saturated rings. The van der Waals surface area contributed by atoms with E-state index >= 15 is 0 Å². The number of rotatable bonds is 3. The number of carbonyl (C=O) groups is 1. The number of fused-ring (bicyclic) bond motifs is 2. The predicted octanol–water partition coefficient (Wildman–Crippen LogP) is 3.25. The maximum Gasteiger partial charge on any atom is 0.231 e. The van der Waals surface area contributed by atoms with Crippen LogP contribution in [0.4, 0.5) is 5.82 Å². The fraction of sp³-hybridized carbons (Fsp3) is 0.190. The number of nitrogens with zero attached hydrogens (tertiary/aromatic N) is 3. The van der Waals surface area contributed by atoms with Gasteiger partial charge in [-0.2, -0.15) is 9.78 Å². The van der Waals surface area contributed by atoms with Gasteiger partial charge in [-0.15, -0.1) is 0 Å². The second kappa shape index (κ2) is 6.37. The molecule has 0 aliphatic carbocycles. The largest absolute Gasteiger partial charge is 0.504 e. The fourth-order valence-electron chi connectivity index (χ4n) is 3.95. The van der Waals surface area contributed by atoms with Gasteiger partial charge in [0.25, 0.3) is 0 Å². The first kappa shape index (κ1) is 17.3. The molecule has 1 atom stereocenters. The Bertz CT molecular complexity index is 1220. The van der Waals surface area contributed by atoms with E-state index in [-0.39, 0.29) is 24.0 Å². The minimum absolute atomic E-state index is 0.0415. The van der Waals surface area contributed by atoms with Crippen molar-refractivity contribution in [3.05, 3.63) is 59.3 Å². The second-order valence-electron chi connectivity index (χ2n) is 7.07.